The molecule has 0 saturated heterocycles. The van der Waals surface area contributed by atoms with Gasteiger partial charge in [0.25, 0.3) is 0 Å². The SMILES string of the molecule is Cc1ccc(OC2CCC(C)CC2)c(C#CCN)c1. The van der Waals surface area contributed by atoms with Crippen molar-refractivity contribution < 1.29 is 4.74 Å². The third-order valence-electron chi connectivity index (χ3n) is 3.72. The summed E-state index contributed by atoms with van der Waals surface area (Å²) in [6.07, 6.45) is 5.18. The van der Waals surface area contributed by atoms with Crippen molar-refractivity contribution in [1.82, 2.24) is 0 Å². The first-order valence-corrected chi connectivity index (χ1v) is 7.15. The van der Waals surface area contributed by atoms with E-state index in [9.17, 15) is 0 Å². The third-order valence-corrected chi connectivity index (χ3v) is 3.72. The van der Waals surface area contributed by atoms with Crippen molar-refractivity contribution in [2.24, 2.45) is 11.7 Å². The van der Waals surface area contributed by atoms with E-state index in [4.69, 9.17) is 10.5 Å². The Labute approximate surface area is 116 Å². The van der Waals surface area contributed by atoms with Crippen LogP contribution >= 0.6 is 0 Å². The minimum Gasteiger partial charge on any atom is -0.489 e. The monoisotopic (exact) mass is 257 g/mol. The Balaban J connectivity index is 2.10. The van der Waals surface area contributed by atoms with Crippen LogP contribution < -0.4 is 10.5 Å². The lowest BCUT2D eigenvalue weighted by atomic mass is 9.89. The Morgan fingerprint density at radius 3 is 2.68 bits per heavy atom. The quantitative estimate of drug-likeness (QED) is 0.825. The van der Waals surface area contributed by atoms with Crippen LogP contribution in [0, 0.1) is 24.7 Å². The number of benzene rings is 1. The lowest BCUT2D eigenvalue weighted by Crippen LogP contribution is -2.23. The molecule has 0 heterocycles. The molecule has 0 aliphatic heterocycles. The molecule has 19 heavy (non-hydrogen) atoms. The number of nitrogens with two attached hydrogens (primary N) is 1. The van der Waals surface area contributed by atoms with Gasteiger partial charge in [0.15, 0.2) is 0 Å². The highest BCUT2D eigenvalue weighted by atomic mass is 16.5. The molecule has 102 valence electrons. The summed E-state index contributed by atoms with van der Waals surface area (Å²) in [6.45, 7) is 4.77. The maximum atomic E-state index is 6.14. The number of hydrogen-bond acceptors (Lipinski definition) is 2. The molecule has 1 aliphatic rings. The molecule has 1 fully saturated rings. The highest BCUT2D eigenvalue weighted by Gasteiger charge is 2.20. The van der Waals surface area contributed by atoms with E-state index in [1.54, 1.807) is 0 Å². The van der Waals surface area contributed by atoms with Gasteiger partial charge in [-0.15, -0.1) is 0 Å². The highest BCUT2D eigenvalue weighted by Crippen LogP contribution is 2.29. The van der Waals surface area contributed by atoms with Crippen LogP contribution in [0.2, 0.25) is 0 Å². The van der Waals surface area contributed by atoms with E-state index in [0.29, 0.717) is 12.6 Å². The first-order valence-electron chi connectivity index (χ1n) is 7.15. The van der Waals surface area contributed by atoms with Crippen molar-refractivity contribution >= 4 is 0 Å². The second-order valence-corrected chi connectivity index (χ2v) is 5.51. The zero-order valence-corrected chi connectivity index (χ0v) is 11.9. The normalized spacial score (nSPS) is 22.5. The summed E-state index contributed by atoms with van der Waals surface area (Å²) in [7, 11) is 0. The predicted octanol–water partition coefficient (Wildman–Crippen LogP) is 3.26. The van der Waals surface area contributed by atoms with E-state index in [1.165, 1.54) is 18.4 Å². The molecular formula is C17H23NO. The molecule has 0 spiro atoms. The summed E-state index contributed by atoms with van der Waals surface area (Å²) in [5.74, 6) is 7.78. The summed E-state index contributed by atoms with van der Waals surface area (Å²) in [5, 5.41) is 0. The van der Waals surface area contributed by atoms with Crippen LogP contribution in [0.4, 0.5) is 0 Å². The summed E-state index contributed by atoms with van der Waals surface area (Å²) in [5.41, 5.74) is 7.61. The number of aryl methyl sites for hydroxylation is 1. The van der Waals surface area contributed by atoms with Gasteiger partial charge in [0.05, 0.1) is 18.2 Å². The summed E-state index contributed by atoms with van der Waals surface area (Å²) in [4.78, 5) is 0. The number of hydrogen-bond donors (Lipinski definition) is 1. The van der Waals surface area contributed by atoms with Gasteiger partial charge in [0.2, 0.25) is 0 Å². The molecule has 0 radical (unpaired) electrons. The van der Waals surface area contributed by atoms with E-state index >= 15 is 0 Å². The summed E-state index contributed by atoms with van der Waals surface area (Å²) >= 11 is 0. The molecule has 2 N–H and O–H groups in total. The van der Waals surface area contributed by atoms with Gasteiger partial charge in [-0.1, -0.05) is 24.8 Å². The predicted molar refractivity (Wildman–Crippen MR) is 79.2 cm³/mol. The molecule has 2 nitrogen and oxygen atoms in total. The first-order chi connectivity index (χ1) is 9.19. The summed E-state index contributed by atoms with van der Waals surface area (Å²) in [6, 6.07) is 6.19. The van der Waals surface area contributed by atoms with Crippen molar-refractivity contribution in [3.8, 4) is 17.6 Å². The molecule has 1 aromatic rings. The lowest BCUT2D eigenvalue weighted by molar-refractivity contribution is 0.135. The van der Waals surface area contributed by atoms with E-state index in [1.807, 2.05) is 6.07 Å². The van der Waals surface area contributed by atoms with Crippen LogP contribution in [-0.2, 0) is 0 Å². The van der Waals surface area contributed by atoms with Gasteiger partial charge in [-0.05, 0) is 56.2 Å². The lowest BCUT2D eigenvalue weighted by Gasteiger charge is -2.27. The first kappa shape index (κ1) is 14.0. The van der Waals surface area contributed by atoms with Gasteiger partial charge in [-0.25, -0.2) is 0 Å². The van der Waals surface area contributed by atoms with Gasteiger partial charge < -0.3 is 10.5 Å². The Kier molecular flexibility index (Phi) is 4.87. The van der Waals surface area contributed by atoms with Crippen LogP contribution in [0.15, 0.2) is 18.2 Å². The summed E-state index contributed by atoms with van der Waals surface area (Å²) < 4.78 is 6.14. The van der Waals surface area contributed by atoms with Gasteiger partial charge in [0.1, 0.15) is 5.75 Å². The smallest absolute Gasteiger partial charge is 0.135 e. The van der Waals surface area contributed by atoms with Gasteiger partial charge in [-0.3, -0.25) is 0 Å². The second kappa shape index (κ2) is 6.63. The Morgan fingerprint density at radius 1 is 1.26 bits per heavy atom. The van der Waals surface area contributed by atoms with Gasteiger partial charge in [-0.2, -0.15) is 0 Å². The number of ether oxygens (including phenoxy) is 1. The molecule has 0 atom stereocenters. The molecular weight excluding hydrogens is 234 g/mol. The molecule has 0 amide bonds. The second-order valence-electron chi connectivity index (χ2n) is 5.51. The molecule has 0 bridgehead atoms. The maximum absolute atomic E-state index is 6.14. The van der Waals surface area contributed by atoms with E-state index in [-0.39, 0.29) is 0 Å². The average Bonchev–Trinajstić information content (AvgIpc) is 2.41. The Hall–Kier alpha value is -1.46. The standard InChI is InChI=1S/C17H23NO/c1-13-5-8-16(9-6-13)19-17-10-7-14(2)12-15(17)4-3-11-18/h7,10,12-13,16H,5-6,8-9,11,18H2,1-2H3. The van der Waals surface area contributed by atoms with Gasteiger partial charge in [0, 0.05) is 0 Å². The van der Waals surface area contributed by atoms with Crippen LogP contribution in [0.5, 0.6) is 5.75 Å². The van der Waals surface area contributed by atoms with Crippen LogP contribution in [0.3, 0.4) is 0 Å². The van der Waals surface area contributed by atoms with E-state index in [0.717, 1.165) is 30.1 Å². The molecule has 1 saturated carbocycles. The highest BCUT2D eigenvalue weighted by molar-refractivity contribution is 5.48. The van der Waals surface area contributed by atoms with Crippen molar-refractivity contribution in [1.29, 1.82) is 0 Å². The van der Waals surface area contributed by atoms with Crippen molar-refractivity contribution in [2.75, 3.05) is 6.54 Å². The average molecular weight is 257 g/mol. The molecule has 1 aromatic carbocycles. The third kappa shape index (κ3) is 4.01. The largest absolute Gasteiger partial charge is 0.489 e. The van der Waals surface area contributed by atoms with Crippen molar-refractivity contribution in [3.05, 3.63) is 29.3 Å². The molecule has 1 aliphatic carbocycles. The Bertz CT molecular complexity index is 476. The van der Waals surface area contributed by atoms with Crippen LogP contribution in [0.25, 0.3) is 0 Å². The van der Waals surface area contributed by atoms with Crippen LogP contribution in [0.1, 0.15) is 43.7 Å². The molecule has 2 rings (SSSR count). The fourth-order valence-electron chi connectivity index (χ4n) is 2.52. The van der Waals surface area contributed by atoms with Gasteiger partial charge >= 0.3 is 0 Å². The van der Waals surface area contributed by atoms with Crippen molar-refractivity contribution in [2.45, 2.75) is 45.6 Å². The van der Waals surface area contributed by atoms with Crippen molar-refractivity contribution in [3.63, 3.8) is 0 Å². The van der Waals surface area contributed by atoms with Crippen LogP contribution in [-0.4, -0.2) is 12.6 Å². The zero-order chi connectivity index (χ0) is 13.7. The molecule has 2 heteroatoms. The minimum atomic E-state index is 0.345. The number of rotatable bonds is 2. The van der Waals surface area contributed by atoms with E-state index in [2.05, 4.69) is 37.8 Å². The van der Waals surface area contributed by atoms with E-state index < -0.39 is 0 Å². The molecule has 0 aromatic heterocycles. The fraction of sp³-hybridized carbons (Fsp3) is 0.529. The zero-order valence-electron chi connectivity index (χ0n) is 11.9. The topological polar surface area (TPSA) is 35.2 Å². The Morgan fingerprint density at radius 2 is 2.00 bits per heavy atom. The fourth-order valence-corrected chi connectivity index (χ4v) is 2.52. The molecule has 0 unspecified atom stereocenters. The minimum absolute atomic E-state index is 0.345. The maximum Gasteiger partial charge on any atom is 0.135 e.